The molecule has 0 aliphatic carbocycles. The normalized spacial score (nSPS) is 13.3. The van der Waals surface area contributed by atoms with Crippen molar-refractivity contribution < 1.29 is 9.94 Å². The van der Waals surface area contributed by atoms with Crippen LogP contribution in [0.15, 0.2) is 23.5 Å². The molecular weight excluding hydrogens is 242 g/mol. The molecule has 0 amide bonds. The van der Waals surface area contributed by atoms with Crippen molar-refractivity contribution in [3.05, 3.63) is 24.0 Å². The smallest absolute Gasteiger partial charge is 0.188 e. The van der Waals surface area contributed by atoms with Crippen LogP contribution in [-0.2, 0) is 0 Å². The molecular formula is C14H23N3O2. The van der Waals surface area contributed by atoms with Crippen molar-refractivity contribution >= 4 is 5.84 Å². The first-order valence-electron chi connectivity index (χ1n) is 6.78. The van der Waals surface area contributed by atoms with Gasteiger partial charge in [0.05, 0.1) is 6.61 Å². The van der Waals surface area contributed by atoms with Crippen molar-refractivity contribution in [3.63, 3.8) is 0 Å². The van der Waals surface area contributed by atoms with E-state index in [0.717, 1.165) is 6.42 Å². The van der Waals surface area contributed by atoms with E-state index in [1.165, 1.54) is 19.3 Å². The van der Waals surface area contributed by atoms with E-state index in [1.807, 2.05) is 0 Å². The molecule has 1 aromatic rings. The van der Waals surface area contributed by atoms with Crippen molar-refractivity contribution in [1.29, 1.82) is 0 Å². The number of hydrogen-bond donors (Lipinski definition) is 2. The Balaban J connectivity index is 2.57. The SMILES string of the molecule is CCCCC(CC)COc1ccnc(C(N)=NO)c1. The molecule has 1 unspecified atom stereocenters. The molecule has 0 aliphatic rings. The number of rotatable bonds is 8. The van der Waals surface area contributed by atoms with Gasteiger partial charge in [-0.1, -0.05) is 38.3 Å². The fourth-order valence-electron chi connectivity index (χ4n) is 1.80. The number of nitrogens with two attached hydrogens (primary N) is 1. The molecule has 0 saturated carbocycles. The van der Waals surface area contributed by atoms with Gasteiger partial charge in [-0.05, 0) is 18.4 Å². The van der Waals surface area contributed by atoms with Crippen LogP contribution in [0.1, 0.15) is 45.2 Å². The van der Waals surface area contributed by atoms with E-state index in [0.29, 0.717) is 24.0 Å². The lowest BCUT2D eigenvalue weighted by Gasteiger charge is -2.15. The van der Waals surface area contributed by atoms with E-state index in [9.17, 15) is 0 Å². The van der Waals surface area contributed by atoms with Crippen LogP contribution in [0.4, 0.5) is 0 Å². The van der Waals surface area contributed by atoms with Crippen LogP contribution in [0.3, 0.4) is 0 Å². The second-order valence-electron chi connectivity index (χ2n) is 4.59. The Morgan fingerprint density at radius 1 is 1.53 bits per heavy atom. The van der Waals surface area contributed by atoms with Gasteiger partial charge in [0.2, 0.25) is 0 Å². The van der Waals surface area contributed by atoms with E-state index < -0.39 is 0 Å². The van der Waals surface area contributed by atoms with Gasteiger partial charge in [0.15, 0.2) is 5.84 Å². The first-order valence-corrected chi connectivity index (χ1v) is 6.78. The van der Waals surface area contributed by atoms with Gasteiger partial charge in [-0.2, -0.15) is 0 Å². The highest BCUT2D eigenvalue weighted by atomic mass is 16.5. The zero-order valence-corrected chi connectivity index (χ0v) is 11.7. The largest absolute Gasteiger partial charge is 0.493 e. The van der Waals surface area contributed by atoms with Crippen LogP contribution in [0.25, 0.3) is 0 Å². The summed E-state index contributed by atoms with van der Waals surface area (Å²) in [5, 5.41) is 11.5. The van der Waals surface area contributed by atoms with Crippen LogP contribution < -0.4 is 10.5 Å². The minimum absolute atomic E-state index is 0.0107. The second kappa shape index (κ2) is 8.34. The predicted molar refractivity (Wildman–Crippen MR) is 75.5 cm³/mol. The fourth-order valence-corrected chi connectivity index (χ4v) is 1.80. The van der Waals surface area contributed by atoms with Crippen LogP contribution in [0.5, 0.6) is 5.75 Å². The molecule has 1 heterocycles. The molecule has 106 valence electrons. The minimum atomic E-state index is -0.0107. The molecule has 0 bridgehead atoms. The Labute approximate surface area is 114 Å². The van der Waals surface area contributed by atoms with Crippen LogP contribution in [-0.4, -0.2) is 22.6 Å². The first-order chi connectivity index (χ1) is 9.21. The maximum Gasteiger partial charge on any atom is 0.188 e. The summed E-state index contributed by atoms with van der Waals surface area (Å²) < 4.78 is 5.76. The summed E-state index contributed by atoms with van der Waals surface area (Å²) in [7, 11) is 0. The lowest BCUT2D eigenvalue weighted by atomic mass is 10.0. The predicted octanol–water partition coefficient (Wildman–Crippen LogP) is 2.77. The molecule has 3 N–H and O–H groups in total. The van der Waals surface area contributed by atoms with Crippen molar-refractivity contribution in [1.82, 2.24) is 4.98 Å². The third-order valence-corrected chi connectivity index (χ3v) is 3.13. The van der Waals surface area contributed by atoms with E-state index in [1.54, 1.807) is 18.3 Å². The molecule has 5 nitrogen and oxygen atoms in total. The number of nitrogens with zero attached hydrogens (tertiary/aromatic N) is 2. The Morgan fingerprint density at radius 3 is 2.95 bits per heavy atom. The van der Waals surface area contributed by atoms with Gasteiger partial charge < -0.3 is 15.7 Å². The molecule has 0 fully saturated rings. The van der Waals surface area contributed by atoms with Gasteiger partial charge in [-0.15, -0.1) is 0 Å². The zero-order valence-electron chi connectivity index (χ0n) is 11.7. The summed E-state index contributed by atoms with van der Waals surface area (Å²) >= 11 is 0. The number of hydrogen-bond acceptors (Lipinski definition) is 4. The molecule has 1 rings (SSSR count). The molecule has 0 aliphatic heterocycles. The molecule has 5 heteroatoms. The molecule has 0 spiro atoms. The highest BCUT2D eigenvalue weighted by molar-refractivity contribution is 5.95. The van der Waals surface area contributed by atoms with Gasteiger partial charge in [-0.3, -0.25) is 4.98 Å². The number of oxime groups is 1. The van der Waals surface area contributed by atoms with Crippen molar-refractivity contribution in [2.45, 2.75) is 39.5 Å². The third-order valence-electron chi connectivity index (χ3n) is 3.13. The van der Waals surface area contributed by atoms with E-state index in [2.05, 4.69) is 24.0 Å². The fraction of sp³-hybridized carbons (Fsp3) is 0.571. The Kier molecular flexibility index (Phi) is 6.71. The number of ether oxygens (including phenoxy) is 1. The van der Waals surface area contributed by atoms with Gasteiger partial charge in [0.25, 0.3) is 0 Å². The summed E-state index contributed by atoms with van der Waals surface area (Å²) in [5.74, 6) is 1.26. The second-order valence-corrected chi connectivity index (χ2v) is 4.59. The first kappa shape index (κ1) is 15.3. The van der Waals surface area contributed by atoms with Gasteiger partial charge >= 0.3 is 0 Å². The molecule has 0 saturated heterocycles. The number of aromatic nitrogens is 1. The van der Waals surface area contributed by atoms with E-state index in [4.69, 9.17) is 15.7 Å². The van der Waals surface area contributed by atoms with Crippen LogP contribution >= 0.6 is 0 Å². The van der Waals surface area contributed by atoms with Crippen LogP contribution in [0, 0.1) is 5.92 Å². The highest BCUT2D eigenvalue weighted by Crippen LogP contribution is 2.16. The molecule has 1 atom stereocenters. The lowest BCUT2D eigenvalue weighted by Crippen LogP contribution is -2.16. The monoisotopic (exact) mass is 265 g/mol. The zero-order chi connectivity index (χ0) is 14.1. The Bertz CT molecular complexity index is 407. The summed E-state index contributed by atoms with van der Waals surface area (Å²) in [6.45, 7) is 5.06. The quantitative estimate of drug-likeness (QED) is 0.328. The van der Waals surface area contributed by atoms with Crippen molar-refractivity contribution in [3.8, 4) is 5.75 Å². The highest BCUT2D eigenvalue weighted by Gasteiger charge is 2.08. The van der Waals surface area contributed by atoms with Crippen molar-refractivity contribution in [2.24, 2.45) is 16.8 Å². The standard InChI is InChI=1S/C14H23N3O2/c1-3-5-6-11(4-2)10-19-12-7-8-16-13(9-12)14(15)17-18/h7-9,11,18H,3-6,10H2,1-2H3,(H2,15,17). The van der Waals surface area contributed by atoms with E-state index in [-0.39, 0.29) is 5.84 Å². The topological polar surface area (TPSA) is 80.7 Å². The maximum atomic E-state index is 8.61. The summed E-state index contributed by atoms with van der Waals surface area (Å²) in [4.78, 5) is 4.01. The third kappa shape index (κ3) is 5.16. The lowest BCUT2D eigenvalue weighted by molar-refractivity contribution is 0.233. The summed E-state index contributed by atoms with van der Waals surface area (Å²) in [6.07, 6.45) is 6.33. The maximum absolute atomic E-state index is 8.61. The molecule has 19 heavy (non-hydrogen) atoms. The average Bonchev–Trinajstić information content (AvgIpc) is 2.47. The van der Waals surface area contributed by atoms with Gasteiger partial charge in [-0.25, -0.2) is 0 Å². The summed E-state index contributed by atoms with van der Waals surface area (Å²) in [6, 6.07) is 3.46. The number of amidine groups is 1. The Morgan fingerprint density at radius 2 is 2.32 bits per heavy atom. The van der Waals surface area contributed by atoms with Crippen molar-refractivity contribution in [2.75, 3.05) is 6.61 Å². The Hall–Kier alpha value is -1.78. The number of pyridine rings is 1. The van der Waals surface area contributed by atoms with Crippen LogP contribution in [0.2, 0.25) is 0 Å². The summed E-state index contributed by atoms with van der Waals surface area (Å²) in [5.41, 5.74) is 5.91. The van der Waals surface area contributed by atoms with E-state index >= 15 is 0 Å². The average molecular weight is 265 g/mol. The minimum Gasteiger partial charge on any atom is -0.493 e. The number of unbranched alkanes of at least 4 members (excludes halogenated alkanes) is 1. The van der Waals surface area contributed by atoms with Gasteiger partial charge in [0.1, 0.15) is 11.4 Å². The molecule has 1 aromatic heterocycles. The van der Waals surface area contributed by atoms with Gasteiger partial charge in [0, 0.05) is 12.3 Å². The molecule has 0 radical (unpaired) electrons. The molecule has 0 aromatic carbocycles.